The molecule has 2 aromatic rings. The van der Waals surface area contributed by atoms with Gasteiger partial charge < -0.3 is 9.47 Å². The fraction of sp³-hybridized carbons (Fsp3) is 0.211. The van der Waals surface area contributed by atoms with Gasteiger partial charge in [-0.15, -0.1) is 0 Å². The van der Waals surface area contributed by atoms with Gasteiger partial charge in [-0.3, -0.25) is 20.4 Å². The summed E-state index contributed by atoms with van der Waals surface area (Å²) in [4.78, 5) is 23.4. The van der Waals surface area contributed by atoms with E-state index >= 15 is 0 Å². The van der Waals surface area contributed by atoms with Crippen LogP contribution in [0.1, 0.15) is 16.7 Å². The van der Waals surface area contributed by atoms with Crippen molar-refractivity contribution in [3.05, 3.63) is 59.2 Å². The van der Waals surface area contributed by atoms with E-state index in [1.54, 1.807) is 24.3 Å². The van der Waals surface area contributed by atoms with Crippen molar-refractivity contribution in [3.63, 3.8) is 0 Å². The largest absolute Gasteiger partial charge is 0.484 e. The Kier molecular flexibility index (Phi) is 6.57. The third kappa shape index (κ3) is 5.83. The van der Waals surface area contributed by atoms with Gasteiger partial charge in [0.05, 0.1) is 11.6 Å². The minimum atomic E-state index is -0.519. The van der Waals surface area contributed by atoms with Crippen molar-refractivity contribution in [3.8, 4) is 17.6 Å². The third-order valence-corrected chi connectivity index (χ3v) is 3.40. The zero-order valence-corrected chi connectivity index (χ0v) is 14.5. The number of nitrogens with one attached hydrogen (secondary N) is 2. The number of amides is 2. The molecule has 2 amide bonds. The maximum Gasteiger partial charge on any atom is 0.276 e. The summed E-state index contributed by atoms with van der Waals surface area (Å²) in [6.07, 6.45) is 0. The second-order valence-electron chi connectivity index (χ2n) is 5.58. The molecule has 0 unspecified atom stereocenters. The monoisotopic (exact) mass is 353 g/mol. The van der Waals surface area contributed by atoms with Crippen molar-refractivity contribution in [1.29, 1.82) is 5.26 Å². The van der Waals surface area contributed by atoms with E-state index in [0.29, 0.717) is 17.1 Å². The molecule has 0 bridgehead atoms. The van der Waals surface area contributed by atoms with Gasteiger partial charge in [0, 0.05) is 0 Å². The molecule has 0 saturated heterocycles. The van der Waals surface area contributed by atoms with Crippen molar-refractivity contribution >= 4 is 11.8 Å². The Morgan fingerprint density at radius 2 is 1.58 bits per heavy atom. The smallest absolute Gasteiger partial charge is 0.276 e. The SMILES string of the molecule is Cc1ccc(C)c(OCC(=O)NNC(=O)COc2ccc(C#N)cc2)c1. The lowest BCUT2D eigenvalue weighted by atomic mass is 10.1. The van der Waals surface area contributed by atoms with Gasteiger partial charge in [-0.25, -0.2) is 0 Å². The molecule has 0 fully saturated rings. The van der Waals surface area contributed by atoms with Crippen molar-refractivity contribution < 1.29 is 19.1 Å². The number of nitriles is 1. The topological polar surface area (TPSA) is 100 Å². The molecule has 0 saturated carbocycles. The van der Waals surface area contributed by atoms with Gasteiger partial charge >= 0.3 is 0 Å². The maximum atomic E-state index is 11.7. The molecule has 0 spiro atoms. The third-order valence-electron chi connectivity index (χ3n) is 3.40. The van der Waals surface area contributed by atoms with Crippen LogP contribution in [0.3, 0.4) is 0 Å². The van der Waals surface area contributed by atoms with Crippen LogP contribution in [0.4, 0.5) is 0 Å². The Labute approximate surface area is 151 Å². The number of hydrogen-bond donors (Lipinski definition) is 2. The molecule has 2 N–H and O–H groups in total. The van der Waals surface area contributed by atoms with Crippen LogP contribution in [0.15, 0.2) is 42.5 Å². The van der Waals surface area contributed by atoms with Crippen LogP contribution in [-0.2, 0) is 9.59 Å². The maximum absolute atomic E-state index is 11.7. The summed E-state index contributed by atoms with van der Waals surface area (Å²) in [7, 11) is 0. The lowest BCUT2D eigenvalue weighted by Crippen LogP contribution is -2.45. The van der Waals surface area contributed by atoms with Gasteiger partial charge in [0.2, 0.25) is 0 Å². The number of carbonyl (C=O) groups is 2. The number of carbonyl (C=O) groups excluding carboxylic acids is 2. The molecule has 134 valence electrons. The molecular weight excluding hydrogens is 334 g/mol. The summed E-state index contributed by atoms with van der Waals surface area (Å²) in [5, 5.41) is 8.71. The van der Waals surface area contributed by atoms with Crippen LogP contribution in [0.25, 0.3) is 0 Å². The average molecular weight is 353 g/mol. The van der Waals surface area contributed by atoms with Crippen molar-refractivity contribution in [2.45, 2.75) is 13.8 Å². The highest BCUT2D eigenvalue weighted by Gasteiger charge is 2.08. The van der Waals surface area contributed by atoms with E-state index in [9.17, 15) is 9.59 Å². The Morgan fingerprint density at radius 3 is 2.19 bits per heavy atom. The molecule has 0 atom stereocenters. The first-order valence-electron chi connectivity index (χ1n) is 7.88. The fourth-order valence-corrected chi connectivity index (χ4v) is 1.99. The van der Waals surface area contributed by atoms with Crippen LogP contribution in [-0.4, -0.2) is 25.0 Å². The van der Waals surface area contributed by atoms with E-state index in [0.717, 1.165) is 11.1 Å². The lowest BCUT2D eigenvalue weighted by molar-refractivity contribution is -0.131. The number of nitrogens with zero attached hydrogens (tertiary/aromatic N) is 1. The molecule has 0 aromatic heterocycles. The predicted octanol–water partition coefficient (Wildman–Crippen LogP) is 1.78. The molecule has 2 aromatic carbocycles. The van der Waals surface area contributed by atoms with Crippen molar-refractivity contribution in [2.24, 2.45) is 0 Å². The molecule has 7 nitrogen and oxygen atoms in total. The summed E-state index contributed by atoms with van der Waals surface area (Å²) in [6.45, 7) is 3.32. The second-order valence-corrected chi connectivity index (χ2v) is 5.58. The summed E-state index contributed by atoms with van der Waals surface area (Å²) in [5.41, 5.74) is 6.94. The normalized spacial score (nSPS) is 9.73. The highest BCUT2D eigenvalue weighted by atomic mass is 16.5. The highest BCUT2D eigenvalue weighted by Crippen LogP contribution is 2.18. The Morgan fingerprint density at radius 1 is 0.962 bits per heavy atom. The van der Waals surface area contributed by atoms with E-state index in [4.69, 9.17) is 14.7 Å². The Bertz CT molecular complexity index is 826. The number of hydrazine groups is 1. The van der Waals surface area contributed by atoms with Crippen LogP contribution in [0.5, 0.6) is 11.5 Å². The van der Waals surface area contributed by atoms with E-state index in [2.05, 4.69) is 10.9 Å². The number of aryl methyl sites for hydroxylation is 2. The fourth-order valence-electron chi connectivity index (χ4n) is 1.99. The van der Waals surface area contributed by atoms with Crippen LogP contribution in [0.2, 0.25) is 0 Å². The van der Waals surface area contributed by atoms with E-state index in [1.807, 2.05) is 38.1 Å². The highest BCUT2D eigenvalue weighted by molar-refractivity contribution is 5.83. The van der Waals surface area contributed by atoms with E-state index in [-0.39, 0.29) is 13.2 Å². The van der Waals surface area contributed by atoms with Crippen LogP contribution in [0, 0.1) is 25.2 Å². The van der Waals surface area contributed by atoms with E-state index < -0.39 is 11.8 Å². The minimum absolute atomic E-state index is 0.221. The molecular formula is C19H19N3O4. The molecule has 7 heteroatoms. The molecule has 0 heterocycles. The van der Waals surface area contributed by atoms with Gasteiger partial charge in [0.15, 0.2) is 13.2 Å². The zero-order valence-electron chi connectivity index (χ0n) is 14.5. The lowest BCUT2D eigenvalue weighted by Gasteiger charge is -2.11. The van der Waals surface area contributed by atoms with E-state index in [1.165, 1.54) is 0 Å². The number of hydrogen-bond acceptors (Lipinski definition) is 5. The quantitative estimate of drug-likeness (QED) is 0.771. The summed E-state index contributed by atoms with van der Waals surface area (Å²) in [6, 6.07) is 14.0. The van der Waals surface area contributed by atoms with Gasteiger partial charge in [-0.05, 0) is 55.3 Å². The average Bonchev–Trinajstić information content (AvgIpc) is 2.65. The van der Waals surface area contributed by atoms with Gasteiger partial charge in [0.1, 0.15) is 11.5 Å². The molecule has 0 aliphatic heterocycles. The van der Waals surface area contributed by atoms with Crippen LogP contribution < -0.4 is 20.3 Å². The number of ether oxygens (including phenoxy) is 2. The first-order valence-corrected chi connectivity index (χ1v) is 7.88. The summed E-state index contributed by atoms with van der Waals surface area (Å²) < 4.78 is 10.7. The summed E-state index contributed by atoms with van der Waals surface area (Å²) in [5.74, 6) is 0.0615. The number of rotatable bonds is 6. The second kappa shape index (κ2) is 9.08. The molecule has 0 aliphatic carbocycles. The molecule has 26 heavy (non-hydrogen) atoms. The van der Waals surface area contributed by atoms with Gasteiger partial charge in [-0.1, -0.05) is 12.1 Å². The molecule has 0 radical (unpaired) electrons. The predicted molar refractivity (Wildman–Crippen MR) is 94.3 cm³/mol. The van der Waals surface area contributed by atoms with Crippen molar-refractivity contribution in [2.75, 3.05) is 13.2 Å². The first-order chi connectivity index (χ1) is 12.5. The molecule has 0 aliphatic rings. The first kappa shape index (κ1) is 18.8. The minimum Gasteiger partial charge on any atom is -0.484 e. The standard InChI is InChI=1S/C19H19N3O4/c1-13-3-4-14(2)17(9-13)26-12-19(24)22-21-18(23)11-25-16-7-5-15(10-20)6-8-16/h3-9H,11-12H2,1-2H3,(H,21,23)(H,22,24). The van der Waals surface area contributed by atoms with Crippen molar-refractivity contribution in [1.82, 2.24) is 10.9 Å². The Hall–Kier alpha value is -3.53. The van der Waals surface area contributed by atoms with Gasteiger partial charge in [-0.2, -0.15) is 5.26 Å². The zero-order chi connectivity index (χ0) is 18.9. The van der Waals surface area contributed by atoms with Crippen LogP contribution >= 0.6 is 0 Å². The summed E-state index contributed by atoms with van der Waals surface area (Å²) >= 11 is 0. The number of benzene rings is 2. The van der Waals surface area contributed by atoms with Gasteiger partial charge in [0.25, 0.3) is 11.8 Å². The molecule has 2 rings (SSSR count). The Balaban J connectivity index is 1.70.